The van der Waals surface area contributed by atoms with Gasteiger partial charge in [0.1, 0.15) is 11.9 Å². The summed E-state index contributed by atoms with van der Waals surface area (Å²) >= 11 is 0. The first-order chi connectivity index (χ1) is 14.7. The number of methoxy groups -OCH3 is 1. The molecule has 5 N–H and O–H groups in total. The summed E-state index contributed by atoms with van der Waals surface area (Å²) in [5.41, 5.74) is 10.4. The van der Waals surface area contributed by atoms with Crippen LogP contribution >= 0.6 is 0 Å². The van der Waals surface area contributed by atoms with Gasteiger partial charge in [0.15, 0.2) is 0 Å². The summed E-state index contributed by atoms with van der Waals surface area (Å²) in [7, 11) is 1.38. The molecule has 3 fully saturated rings. The lowest BCUT2D eigenvalue weighted by Crippen LogP contribution is -2.52. The van der Waals surface area contributed by atoms with Crippen LogP contribution in [0, 0.1) is 11.8 Å². The zero-order chi connectivity index (χ0) is 22.2. The molecule has 5 rings (SSSR count). The quantitative estimate of drug-likeness (QED) is 0.640. The number of hydrogen-bond acceptors (Lipinski definition) is 6. The molecule has 5 unspecified atom stereocenters. The first-order valence-electron chi connectivity index (χ1n) is 10.6. The molecular formula is C20H26F3N5O3. The molecule has 170 valence electrons. The molecule has 8 nitrogen and oxygen atoms in total. The van der Waals surface area contributed by atoms with Crippen LogP contribution in [0.25, 0.3) is 5.70 Å². The highest BCUT2D eigenvalue weighted by atomic mass is 19.3. The number of alkyl halides is 2. The van der Waals surface area contributed by atoms with Gasteiger partial charge in [-0.05, 0) is 31.1 Å². The van der Waals surface area contributed by atoms with Crippen molar-refractivity contribution in [2.45, 2.75) is 55.8 Å². The van der Waals surface area contributed by atoms with Gasteiger partial charge < -0.3 is 16.2 Å². The fourth-order valence-corrected chi connectivity index (χ4v) is 5.68. The van der Waals surface area contributed by atoms with Crippen molar-refractivity contribution in [1.82, 2.24) is 14.5 Å². The molecule has 1 aliphatic heterocycles. The molecule has 1 aromatic rings. The summed E-state index contributed by atoms with van der Waals surface area (Å²) in [6.45, 7) is 0.532. The average Bonchev–Trinajstić information content (AvgIpc) is 3.45. The SMILES string of the molecule is COC1c2c(c(=O)[nH]c(=O)n2C2CC2)C(N)=C(F)C1N1CC2CCC(F)(F)C(N)C2C1. The summed E-state index contributed by atoms with van der Waals surface area (Å²) in [5, 5.41) is 0. The standard InChI is InChI=1S/C20H26F3N5O3/c1-31-16-14-11(18(29)26-19(30)28(14)9-2-3-9)13(24)12(21)15(16)27-6-8-4-5-20(22,23)17(25)10(8)7-27/h8-10,15-17H,2-7,24-25H2,1H3,(H,26,29,30). The van der Waals surface area contributed by atoms with Gasteiger partial charge in [-0.25, -0.2) is 18.0 Å². The number of hydrogen-bond donors (Lipinski definition) is 3. The van der Waals surface area contributed by atoms with E-state index in [1.165, 1.54) is 11.7 Å². The Labute approximate surface area is 176 Å². The van der Waals surface area contributed by atoms with Crippen molar-refractivity contribution in [3.63, 3.8) is 0 Å². The maximum atomic E-state index is 15.6. The molecule has 11 heteroatoms. The summed E-state index contributed by atoms with van der Waals surface area (Å²) in [6.07, 6.45) is 0.541. The monoisotopic (exact) mass is 441 g/mol. The molecular weight excluding hydrogens is 415 g/mol. The number of likely N-dealkylation sites (tertiary alicyclic amines) is 1. The molecule has 2 heterocycles. The molecule has 1 aromatic heterocycles. The molecule has 0 radical (unpaired) electrons. The number of aromatic amines is 1. The maximum Gasteiger partial charge on any atom is 0.328 e. The van der Waals surface area contributed by atoms with E-state index in [1.807, 2.05) is 0 Å². The minimum Gasteiger partial charge on any atom is -0.396 e. The van der Waals surface area contributed by atoms with Crippen LogP contribution in [0.15, 0.2) is 15.4 Å². The van der Waals surface area contributed by atoms with E-state index in [0.29, 0.717) is 13.0 Å². The van der Waals surface area contributed by atoms with Gasteiger partial charge in [-0.15, -0.1) is 0 Å². The summed E-state index contributed by atoms with van der Waals surface area (Å²) < 4.78 is 51.0. The van der Waals surface area contributed by atoms with E-state index in [0.717, 1.165) is 12.8 Å². The van der Waals surface area contributed by atoms with Crippen molar-refractivity contribution in [3.8, 4) is 0 Å². The Morgan fingerprint density at radius 1 is 1.19 bits per heavy atom. The van der Waals surface area contributed by atoms with Gasteiger partial charge in [-0.2, -0.15) is 0 Å². The molecule has 31 heavy (non-hydrogen) atoms. The van der Waals surface area contributed by atoms with Crippen LogP contribution in [-0.2, 0) is 4.74 Å². The zero-order valence-electron chi connectivity index (χ0n) is 17.1. The van der Waals surface area contributed by atoms with Crippen LogP contribution in [0.5, 0.6) is 0 Å². The predicted molar refractivity (Wildman–Crippen MR) is 106 cm³/mol. The maximum absolute atomic E-state index is 15.6. The van der Waals surface area contributed by atoms with Gasteiger partial charge in [0.05, 0.1) is 29.0 Å². The van der Waals surface area contributed by atoms with Crippen molar-refractivity contribution in [1.29, 1.82) is 0 Å². The Bertz CT molecular complexity index is 1060. The van der Waals surface area contributed by atoms with E-state index in [2.05, 4.69) is 4.98 Å². The molecule has 0 amide bonds. The smallest absolute Gasteiger partial charge is 0.328 e. The Hall–Kier alpha value is -2.11. The third-order valence-corrected chi connectivity index (χ3v) is 7.40. The number of fused-ring (bicyclic) bond motifs is 2. The number of ether oxygens (including phenoxy) is 1. The Morgan fingerprint density at radius 3 is 2.55 bits per heavy atom. The van der Waals surface area contributed by atoms with Crippen molar-refractivity contribution in [2.24, 2.45) is 23.3 Å². The normalized spacial score (nSPS) is 35.2. The topological polar surface area (TPSA) is 119 Å². The van der Waals surface area contributed by atoms with E-state index < -0.39 is 47.1 Å². The summed E-state index contributed by atoms with van der Waals surface area (Å²) in [5.74, 6) is -4.27. The van der Waals surface area contributed by atoms with E-state index in [9.17, 15) is 18.4 Å². The lowest BCUT2D eigenvalue weighted by Gasteiger charge is -2.38. The highest BCUT2D eigenvalue weighted by Crippen LogP contribution is 2.48. The van der Waals surface area contributed by atoms with Crippen LogP contribution in [0.3, 0.4) is 0 Å². The molecule has 0 aromatic carbocycles. The van der Waals surface area contributed by atoms with Crippen LogP contribution in [0.1, 0.15) is 49.1 Å². The third kappa shape index (κ3) is 3.00. The van der Waals surface area contributed by atoms with Gasteiger partial charge in [-0.3, -0.25) is 19.2 Å². The first kappa shape index (κ1) is 20.8. The molecule has 5 atom stereocenters. The number of nitrogens with one attached hydrogen (secondary N) is 1. The van der Waals surface area contributed by atoms with Crippen molar-refractivity contribution in [3.05, 3.63) is 37.9 Å². The second-order valence-corrected chi connectivity index (χ2v) is 9.19. The Kier molecular flexibility index (Phi) is 4.65. The van der Waals surface area contributed by atoms with Gasteiger partial charge in [0.25, 0.3) is 11.5 Å². The molecule has 0 bridgehead atoms. The Balaban J connectivity index is 1.59. The molecule has 1 saturated heterocycles. The minimum atomic E-state index is -2.95. The van der Waals surface area contributed by atoms with Crippen LogP contribution in [-0.4, -0.2) is 52.7 Å². The fraction of sp³-hybridized carbons (Fsp3) is 0.700. The third-order valence-electron chi connectivity index (χ3n) is 7.40. The number of halogens is 3. The summed E-state index contributed by atoms with van der Waals surface area (Å²) in [4.78, 5) is 29.1. The lowest BCUT2D eigenvalue weighted by molar-refractivity contribution is -0.0797. The highest BCUT2D eigenvalue weighted by Gasteiger charge is 2.55. The van der Waals surface area contributed by atoms with Crippen molar-refractivity contribution < 1.29 is 17.9 Å². The van der Waals surface area contributed by atoms with Crippen LogP contribution in [0.2, 0.25) is 0 Å². The fourth-order valence-electron chi connectivity index (χ4n) is 5.68. The minimum absolute atomic E-state index is 0.0904. The van der Waals surface area contributed by atoms with Gasteiger partial charge in [0.2, 0.25) is 0 Å². The number of nitrogens with zero attached hydrogens (tertiary/aromatic N) is 2. The van der Waals surface area contributed by atoms with Gasteiger partial charge in [-0.1, -0.05) is 0 Å². The molecule has 3 aliphatic carbocycles. The van der Waals surface area contributed by atoms with Gasteiger partial charge >= 0.3 is 5.69 Å². The van der Waals surface area contributed by atoms with Crippen LogP contribution < -0.4 is 22.7 Å². The molecule has 2 saturated carbocycles. The average molecular weight is 441 g/mol. The van der Waals surface area contributed by atoms with Gasteiger partial charge in [0, 0.05) is 32.7 Å². The van der Waals surface area contributed by atoms with E-state index in [1.54, 1.807) is 4.90 Å². The van der Waals surface area contributed by atoms with E-state index >= 15 is 4.39 Å². The first-order valence-corrected chi connectivity index (χ1v) is 10.6. The van der Waals surface area contributed by atoms with Crippen LogP contribution in [0.4, 0.5) is 13.2 Å². The Morgan fingerprint density at radius 2 is 1.90 bits per heavy atom. The van der Waals surface area contributed by atoms with E-state index in [-0.39, 0.29) is 41.9 Å². The number of nitrogens with two attached hydrogens (primary N) is 2. The highest BCUT2D eigenvalue weighted by molar-refractivity contribution is 5.70. The lowest BCUT2D eigenvalue weighted by atomic mass is 9.76. The second-order valence-electron chi connectivity index (χ2n) is 9.19. The number of H-pyrrole nitrogens is 1. The molecule has 4 aliphatic rings. The van der Waals surface area contributed by atoms with Crippen molar-refractivity contribution >= 4 is 5.70 Å². The second kappa shape index (κ2) is 6.94. The zero-order valence-corrected chi connectivity index (χ0v) is 17.1. The summed E-state index contributed by atoms with van der Waals surface area (Å²) in [6, 6.07) is -2.43. The number of rotatable bonds is 3. The predicted octanol–water partition coefficient (Wildman–Crippen LogP) is 0.842. The number of aromatic nitrogens is 2. The largest absolute Gasteiger partial charge is 0.396 e. The van der Waals surface area contributed by atoms with E-state index in [4.69, 9.17) is 16.2 Å². The molecule has 0 spiro atoms. The van der Waals surface area contributed by atoms with Crippen molar-refractivity contribution in [2.75, 3.05) is 20.2 Å².